The Balaban J connectivity index is 1.30. The van der Waals surface area contributed by atoms with E-state index in [0.717, 1.165) is 26.7 Å². The molecule has 0 radical (unpaired) electrons. The number of ether oxygens (including phenoxy) is 2. The van der Waals surface area contributed by atoms with Gasteiger partial charge in [0.05, 0.1) is 29.0 Å². The number of benzene rings is 4. The molecule has 0 aliphatic carbocycles. The number of fused-ring (bicyclic) bond motifs is 1. The summed E-state index contributed by atoms with van der Waals surface area (Å²) in [7, 11) is 1.59. The van der Waals surface area contributed by atoms with Crippen molar-refractivity contribution >= 4 is 38.8 Å². The van der Waals surface area contributed by atoms with Gasteiger partial charge >= 0.3 is 0 Å². The molecule has 4 aromatic carbocycles. The number of nitrogens with one attached hydrogen (secondary N) is 1. The van der Waals surface area contributed by atoms with E-state index in [-0.39, 0.29) is 5.91 Å². The Kier molecular flexibility index (Phi) is 7.33. The van der Waals surface area contributed by atoms with Crippen LogP contribution in [0.5, 0.6) is 11.5 Å². The van der Waals surface area contributed by atoms with Crippen LogP contribution in [-0.4, -0.2) is 23.8 Å². The second-order valence-corrected chi connectivity index (χ2v) is 9.12. The number of rotatable bonds is 8. The minimum Gasteiger partial charge on any atom is -0.493 e. The van der Waals surface area contributed by atoms with E-state index in [4.69, 9.17) is 9.47 Å². The lowest BCUT2D eigenvalue weighted by atomic mass is 10.1. The summed E-state index contributed by atoms with van der Waals surface area (Å²) in [6.07, 6.45) is 5.35. The highest BCUT2D eigenvalue weighted by Crippen LogP contribution is 2.37. The van der Waals surface area contributed by atoms with E-state index in [9.17, 15) is 4.79 Å². The van der Waals surface area contributed by atoms with Crippen LogP contribution in [0.4, 0.5) is 0 Å². The van der Waals surface area contributed by atoms with Crippen LogP contribution in [-0.2, 0) is 6.61 Å². The van der Waals surface area contributed by atoms with Crippen LogP contribution in [0.3, 0.4) is 0 Å². The van der Waals surface area contributed by atoms with Crippen LogP contribution in [0.1, 0.15) is 21.5 Å². The minimum absolute atomic E-state index is 0.304. The fourth-order valence-corrected chi connectivity index (χ4v) is 4.71. The van der Waals surface area contributed by atoms with Gasteiger partial charge in [-0.15, -0.1) is 0 Å². The van der Waals surface area contributed by atoms with Crippen molar-refractivity contribution in [3.8, 4) is 17.2 Å². The van der Waals surface area contributed by atoms with Crippen LogP contribution in [0.15, 0.2) is 113 Å². The number of halogens is 1. The van der Waals surface area contributed by atoms with Crippen LogP contribution < -0.4 is 14.9 Å². The second kappa shape index (κ2) is 11.1. The molecular weight excluding hydrogens is 530 g/mol. The largest absolute Gasteiger partial charge is 0.493 e. The van der Waals surface area contributed by atoms with Gasteiger partial charge in [-0.3, -0.25) is 4.79 Å². The molecule has 0 aliphatic rings. The maximum atomic E-state index is 12.8. The molecule has 1 heterocycles. The summed E-state index contributed by atoms with van der Waals surface area (Å²) in [6.45, 7) is 0.389. The molecule has 7 heteroatoms. The third kappa shape index (κ3) is 5.42. The van der Waals surface area contributed by atoms with Crippen LogP contribution in [0, 0.1) is 0 Å². The van der Waals surface area contributed by atoms with E-state index in [2.05, 4.69) is 50.7 Å². The molecule has 37 heavy (non-hydrogen) atoms. The molecule has 0 atom stereocenters. The number of hydrogen-bond acceptors (Lipinski definition) is 4. The molecule has 0 spiro atoms. The number of hydrogen-bond donors (Lipinski definition) is 1. The molecule has 0 bridgehead atoms. The smallest absolute Gasteiger partial charge is 0.273 e. The number of hydrazone groups is 1. The highest BCUT2D eigenvalue weighted by Gasteiger charge is 2.14. The highest BCUT2D eigenvalue weighted by molar-refractivity contribution is 9.10. The molecule has 1 amide bonds. The monoisotopic (exact) mass is 553 g/mol. The molecule has 0 unspecified atom stereocenters. The molecule has 0 saturated carbocycles. The zero-order valence-electron chi connectivity index (χ0n) is 20.1. The Morgan fingerprint density at radius 2 is 1.73 bits per heavy atom. The van der Waals surface area contributed by atoms with Crippen molar-refractivity contribution in [2.75, 3.05) is 7.11 Å². The fourth-order valence-electron chi connectivity index (χ4n) is 4.13. The Bertz CT molecular complexity index is 1570. The molecule has 6 nitrogen and oxygen atoms in total. The molecule has 1 N–H and O–H groups in total. The molecule has 5 rings (SSSR count). The second-order valence-electron chi connectivity index (χ2n) is 8.27. The predicted octanol–water partition coefficient (Wildman–Crippen LogP) is 6.74. The first-order valence-corrected chi connectivity index (χ1v) is 12.5. The maximum Gasteiger partial charge on any atom is 0.273 e. The number of para-hydroxylation sites is 1. The predicted molar refractivity (Wildman–Crippen MR) is 150 cm³/mol. The number of methoxy groups -OCH3 is 1. The molecule has 0 fully saturated rings. The Morgan fingerprint density at radius 1 is 0.973 bits per heavy atom. The van der Waals surface area contributed by atoms with Gasteiger partial charge in [-0.05, 0) is 74.2 Å². The maximum absolute atomic E-state index is 12.8. The van der Waals surface area contributed by atoms with Crippen molar-refractivity contribution in [1.82, 2.24) is 9.99 Å². The van der Waals surface area contributed by atoms with E-state index in [1.807, 2.05) is 77.6 Å². The van der Waals surface area contributed by atoms with E-state index < -0.39 is 0 Å². The first-order chi connectivity index (χ1) is 18.1. The lowest BCUT2D eigenvalue weighted by Gasteiger charge is -2.14. The summed E-state index contributed by atoms with van der Waals surface area (Å²) in [4.78, 5) is 12.8. The van der Waals surface area contributed by atoms with Gasteiger partial charge in [-0.1, -0.05) is 54.6 Å². The topological polar surface area (TPSA) is 64.8 Å². The molecule has 184 valence electrons. The Labute approximate surface area is 223 Å². The van der Waals surface area contributed by atoms with E-state index in [1.54, 1.807) is 19.4 Å². The van der Waals surface area contributed by atoms with Gasteiger partial charge in [0.1, 0.15) is 6.61 Å². The Morgan fingerprint density at radius 3 is 2.57 bits per heavy atom. The van der Waals surface area contributed by atoms with E-state index in [0.29, 0.717) is 23.7 Å². The van der Waals surface area contributed by atoms with Gasteiger partial charge in [0, 0.05) is 12.4 Å². The summed E-state index contributed by atoms with van der Waals surface area (Å²) in [5, 5.41) is 6.48. The summed E-state index contributed by atoms with van der Waals surface area (Å²) >= 11 is 3.59. The third-order valence-electron chi connectivity index (χ3n) is 5.91. The van der Waals surface area contributed by atoms with Gasteiger partial charge in [0.15, 0.2) is 11.5 Å². The van der Waals surface area contributed by atoms with E-state index in [1.165, 1.54) is 5.39 Å². The molecular formula is C30H24BrN3O3. The van der Waals surface area contributed by atoms with Gasteiger partial charge in [-0.25, -0.2) is 5.43 Å². The summed E-state index contributed by atoms with van der Waals surface area (Å²) < 4.78 is 14.4. The first kappa shape index (κ1) is 24.3. The normalized spacial score (nSPS) is 11.1. The minimum atomic E-state index is -0.304. The van der Waals surface area contributed by atoms with Gasteiger partial charge < -0.3 is 14.0 Å². The van der Waals surface area contributed by atoms with Crippen molar-refractivity contribution in [2.24, 2.45) is 5.10 Å². The molecule has 5 aromatic rings. The van der Waals surface area contributed by atoms with Gasteiger partial charge in [0.25, 0.3) is 5.91 Å². The number of amides is 1. The lowest BCUT2D eigenvalue weighted by molar-refractivity contribution is 0.0955. The number of nitrogens with zero attached hydrogens (tertiary/aromatic N) is 2. The quantitative estimate of drug-likeness (QED) is 0.171. The van der Waals surface area contributed by atoms with Crippen molar-refractivity contribution < 1.29 is 14.3 Å². The first-order valence-electron chi connectivity index (χ1n) is 11.7. The number of carbonyl (C=O) groups excluding carboxylic acids is 1. The molecule has 0 aliphatic heterocycles. The fraction of sp³-hybridized carbons (Fsp3) is 0.0667. The Hall–Kier alpha value is -4.36. The van der Waals surface area contributed by atoms with Crippen LogP contribution in [0.25, 0.3) is 16.5 Å². The van der Waals surface area contributed by atoms with Gasteiger partial charge in [-0.2, -0.15) is 5.10 Å². The highest BCUT2D eigenvalue weighted by atomic mass is 79.9. The zero-order valence-corrected chi connectivity index (χ0v) is 21.7. The standard InChI is InChI=1S/C30H24BrN3O3/c1-36-28-18-21(19-32-33-30(35)25-13-4-5-14-27(25)34-15-6-7-16-34)17-26(31)29(28)37-20-23-11-8-10-22-9-2-3-12-24(22)23/h2-19H,20H2,1H3,(H,33,35)/b32-19-. The average molecular weight is 554 g/mol. The zero-order chi connectivity index (χ0) is 25.6. The SMILES string of the molecule is COc1cc(/C=N\NC(=O)c2ccccc2-n2cccc2)cc(Br)c1OCc1cccc2ccccc12. The van der Waals surface area contributed by atoms with Gasteiger partial charge in [0.2, 0.25) is 0 Å². The van der Waals surface area contributed by atoms with Crippen molar-refractivity contribution in [2.45, 2.75) is 6.61 Å². The van der Waals surface area contributed by atoms with Crippen LogP contribution >= 0.6 is 15.9 Å². The van der Waals surface area contributed by atoms with Crippen molar-refractivity contribution in [1.29, 1.82) is 0 Å². The van der Waals surface area contributed by atoms with E-state index >= 15 is 0 Å². The number of aromatic nitrogens is 1. The molecule has 0 saturated heterocycles. The van der Waals surface area contributed by atoms with Crippen molar-refractivity contribution in [3.63, 3.8) is 0 Å². The average Bonchev–Trinajstić information content (AvgIpc) is 3.47. The number of carbonyl (C=O) groups is 1. The third-order valence-corrected chi connectivity index (χ3v) is 6.50. The summed E-state index contributed by atoms with van der Waals surface area (Å²) in [6, 6.07) is 29.3. The molecule has 1 aromatic heterocycles. The summed E-state index contributed by atoms with van der Waals surface area (Å²) in [5.41, 5.74) is 5.73. The van der Waals surface area contributed by atoms with Crippen LogP contribution in [0.2, 0.25) is 0 Å². The lowest BCUT2D eigenvalue weighted by Crippen LogP contribution is -2.19. The van der Waals surface area contributed by atoms with Crippen molar-refractivity contribution in [3.05, 3.63) is 125 Å². The summed E-state index contributed by atoms with van der Waals surface area (Å²) in [5.74, 6) is 0.847.